The summed E-state index contributed by atoms with van der Waals surface area (Å²) in [5, 5.41) is 0.100. The lowest BCUT2D eigenvalue weighted by atomic mass is 10.6. The predicted octanol–water partition coefficient (Wildman–Crippen LogP) is 0.677. The quantitative estimate of drug-likeness (QED) is 0.718. The third kappa shape index (κ3) is 2.49. The van der Waals surface area contributed by atoms with E-state index in [9.17, 15) is 9.59 Å². The molecule has 1 heterocycles. The summed E-state index contributed by atoms with van der Waals surface area (Å²) in [7, 11) is 0. The number of rotatable bonds is 4. The van der Waals surface area contributed by atoms with Gasteiger partial charge in [-0.05, 0) is 13.8 Å². The molecule has 0 radical (unpaired) electrons. The second-order valence-electron chi connectivity index (χ2n) is 2.88. The maximum absolute atomic E-state index is 11.7. The van der Waals surface area contributed by atoms with Crippen LogP contribution < -0.4 is 11.2 Å². The monoisotopic (exact) mass is 232 g/mol. The zero-order valence-corrected chi connectivity index (χ0v) is 9.45. The average molecular weight is 233 g/mol. The van der Waals surface area contributed by atoms with E-state index >= 15 is 0 Å². The molecule has 84 valence electrons. The van der Waals surface area contributed by atoms with Gasteiger partial charge in [0.1, 0.15) is 11.9 Å². The Balaban J connectivity index is 3.27. The Bertz CT molecular complexity index is 450. The van der Waals surface area contributed by atoms with Crippen molar-refractivity contribution in [3.05, 3.63) is 32.1 Å². The van der Waals surface area contributed by atoms with E-state index in [1.807, 2.05) is 6.92 Å². The Morgan fingerprint density at radius 1 is 1.33 bits per heavy atom. The highest BCUT2D eigenvalue weighted by Crippen LogP contribution is 2.01. The average Bonchev–Trinajstić information content (AvgIpc) is 2.17. The van der Waals surface area contributed by atoms with Gasteiger partial charge < -0.3 is 4.74 Å². The van der Waals surface area contributed by atoms with Crippen LogP contribution >= 0.6 is 11.6 Å². The van der Waals surface area contributed by atoms with E-state index in [2.05, 4.69) is 0 Å². The molecule has 1 aromatic rings. The van der Waals surface area contributed by atoms with Crippen molar-refractivity contribution in [1.82, 2.24) is 9.13 Å². The summed E-state index contributed by atoms with van der Waals surface area (Å²) in [6.07, 6.45) is 0. The summed E-state index contributed by atoms with van der Waals surface area (Å²) in [5.74, 6) is 0. The minimum Gasteiger partial charge on any atom is -0.361 e. The molecule has 0 fully saturated rings. The van der Waals surface area contributed by atoms with Crippen molar-refractivity contribution >= 4 is 11.6 Å². The highest BCUT2D eigenvalue weighted by molar-refractivity contribution is 6.29. The molecule has 0 saturated heterocycles. The van der Waals surface area contributed by atoms with Gasteiger partial charge in [0.15, 0.2) is 0 Å². The van der Waals surface area contributed by atoms with E-state index in [0.29, 0.717) is 13.2 Å². The van der Waals surface area contributed by atoms with Crippen molar-refractivity contribution in [2.75, 3.05) is 6.61 Å². The first-order valence-electron chi connectivity index (χ1n) is 4.69. The van der Waals surface area contributed by atoms with Crippen LogP contribution in [0.3, 0.4) is 0 Å². The van der Waals surface area contributed by atoms with Crippen molar-refractivity contribution in [1.29, 1.82) is 0 Å². The Hall–Kier alpha value is -1.07. The van der Waals surface area contributed by atoms with E-state index in [0.717, 1.165) is 4.57 Å². The lowest BCUT2D eigenvalue weighted by Gasteiger charge is -2.10. The number of halogens is 1. The summed E-state index contributed by atoms with van der Waals surface area (Å²) in [6, 6.07) is 1.21. The van der Waals surface area contributed by atoms with Gasteiger partial charge >= 0.3 is 5.69 Å². The standard InChI is InChI=1S/C9H13ClN2O3/c1-3-11-8(13)5-7(10)12(9(11)14)6-15-4-2/h5H,3-4,6H2,1-2H3. The Labute approximate surface area is 91.9 Å². The van der Waals surface area contributed by atoms with Crippen LogP contribution in [0.1, 0.15) is 13.8 Å². The van der Waals surface area contributed by atoms with Gasteiger partial charge in [-0.1, -0.05) is 11.6 Å². The van der Waals surface area contributed by atoms with Crippen LogP contribution in [0.2, 0.25) is 5.15 Å². The van der Waals surface area contributed by atoms with Crippen molar-refractivity contribution in [2.45, 2.75) is 27.1 Å². The zero-order chi connectivity index (χ0) is 11.4. The molecule has 0 amide bonds. The van der Waals surface area contributed by atoms with Gasteiger partial charge in [-0.25, -0.2) is 4.79 Å². The molecule has 0 atom stereocenters. The minimum atomic E-state index is -0.441. The molecule has 0 aliphatic carbocycles. The first-order chi connectivity index (χ1) is 7.11. The Morgan fingerprint density at radius 2 is 2.00 bits per heavy atom. The third-order valence-electron chi connectivity index (χ3n) is 1.97. The van der Waals surface area contributed by atoms with Crippen molar-refractivity contribution in [2.24, 2.45) is 0 Å². The fraction of sp³-hybridized carbons (Fsp3) is 0.556. The molecule has 1 rings (SSSR count). The first kappa shape index (κ1) is 12.0. The topological polar surface area (TPSA) is 53.2 Å². The molecule has 0 aliphatic heterocycles. The maximum atomic E-state index is 11.7. The number of hydrogen-bond acceptors (Lipinski definition) is 3. The third-order valence-corrected chi connectivity index (χ3v) is 2.28. The second-order valence-corrected chi connectivity index (χ2v) is 3.27. The lowest BCUT2D eigenvalue weighted by molar-refractivity contribution is 0.0833. The van der Waals surface area contributed by atoms with E-state index in [4.69, 9.17) is 16.3 Å². The number of aromatic nitrogens is 2. The molecule has 0 unspecified atom stereocenters. The molecule has 5 nitrogen and oxygen atoms in total. The van der Waals surface area contributed by atoms with Crippen molar-refractivity contribution in [3.63, 3.8) is 0 Å². The molecule has 1 aromatic heterocycles. The molecule has 0 bridgehead atoms. The fourth-order valence-electron chi connectivity index (χ4n) is 1.18. The largest absolute Gasteiger partial charge is 0.361 e. The van der Waals surface area contributed by atoms with Gasteiger partial charge in [-0.15, -0.1) is 0 Å². The van der Waals surface area contributed by atoms with Crippen LogP contribution in [0.5, 0.6) is 0 Å². The minimum absolute atomic E-state index is 0.0639. The number of hydrogen-bond donors (Lipinski definition) is 0. The molecule has 0 saturated carbocycles. The molecular formula is C9H13ClN2O3. The first-order valence-corrected chi connectivity index (χ1v) is 5.07. The summed E-state index contributed by atoms with van der Waals surface area (Å²) in [6.45, 7) is 4.40. The van der Waals surface area contributed by atoms with Gasteiger partial charge in [0.2, 0.25) is 0 Å². The molecule has 0 aromatic carbocycles. The Kier molecular flexibility index (Phi) is 4.11. The number of ether oxygens (including phenoxy) is 1. The predicted molar refractivity (Wildman–Crippen MR) is 57.3 cm³/mol. The SMILES string of the molecule is CCOCn1c(Cl)cc(=O)n(CC)c1=O. The van der Waals surface area contributed by atoms with Gasteiger partial charge in [0, 0.05) is 19.2 Å². The Morgan fingerprint density at radius 3 is 2.53 bits per heavy atom. The zero-order valence-electron chi connectivity index (χ0n) is 8.70. The van der Waals surface area contributed by atoms with Crippen LogP contribution in [-0.2, 0) is 18.0 Å². The summed E-state index contributed by atoms with van der Waals surface area (Å²) < 4.78 is 7.40. The van der Waals surface area contributed by atoms with Crippen LogP contribution in [0, 0.1) is 0 Å². The van der Waals surface area contributed by atoms with Gasteiger partial charge in [-0.3, -0.25) is 13.9 Å². The molecular weight excluding hydrogens is 220 g/mol. The van der Waals surface area contributed by atoms with Crippen LogP contribution in [-0.4, -0.2) is 15.7 Å². The van der Waals surface area contributed by atoms with Gasteiger partial charge in [-0.2, -0.15) is 0 Å². The van der Waals surface area contributed by atoms with Gasteiger partial charge in [0.25, 0.3) is 5.56 Å². The molecule has 6 heteroatoms. The highest BCUT2D eigenvalue weighted by Gasteiger charge is 2.08. The fourth-order valence-corrected chi connectivity index (χ4v) is 1.39. The van der Waals surface area contributed by atoms with Crippen molar-refractivity contribution < 1.29 is 4.74 Å². The van der Waals surface area contributed by atoms with E-state index < -0.39 is 5.69 Å². The smallest absolute Gasteiger partial charge is 0.334 e. The van der Waals surface area contributed by atoms with E-state index in [-0.39, 0.29) is 17.4 Å². The summed E-state index contributed by atoms with van der Waals surface area (Å²) in [5.41, 5.74) is -0.830. The van der Waals surface area contributed by atoms with Crippen LogP contribution in [0.4, 0.5) is 0 Å². The van der Waals surface area contributed by atoms with E-state index in [1.54, 1.807) is 6.92 Å². The van der Waals surface area contributed by atoms with Crippen LogP contribution in [0.25, 0.3) is 0 Å². The molecule has 15 heavy (non-hydrogen) atoms. The van der Waals surface area contributed by atoms with Gasteiger partial charge in [0.05, 0.1) is 0 Å². The maximum Gasteiger partial charge on any atom is 0.334 e. The van der Waals surface area contributed by atoms with Crippen molar-refractivity contribution in [3.8, 4) is 0 Å². The highest BCUT2D eigenvalue weighted by atomic mass is 35.5. The van der Waals surface area contributed by atoms with Crippen LogP contribution in [0.15, 0.2) is 15.7 Å². The van der Waals surface area contributed by atoms with E-state index in [1.165, 1.54) is 10.6 Å². The summed E-state index contributed by atoms with van der Waals surface area (Å²) >= 11 is 5.77. The molecule has 0 aliphatic rings. The summed E-state index contributed by atoms with van der Waals surface area (Å²) in [4.78, 5) is 23.1. The molecule has 0 N–H and O–H groups in total. The lowest BCUT2D eigenvalue weighted by Crippen LogP contribution is -2.39. The second kappa shape index (κ2) is 5.14. The normalized spacial score (nSPS) is 10.6. The molecule has 0 spiro atoms. The number of nitrogens with zero attached hydrogens (tertiary/aromatic N) is 2.